The molecular formula is C42H55F3IrNO2SSi-. The van der Waals surface area contributed by atoms with Gasteiger partial charge < -0.3 is 10.1 Å². The molecular weight excluding hydrogens is 860 g/mol. The van der Waals surface area contributed by atoms with E-state index in [1.54, 1.807) is 11.3 Å². The smallest absolute Gasteiger partial charge is 0.394 e. The molecule has 3 nitrogen and oxygen atoms in total. The van der Waals surface area contributed by atoms with Crippen LogP contribution in [0.15, 0.2) is 60.5 Å². The molecule has 2 aromatic heterocycles. The van der Waals surface area contributed by atoms with Gasteiger partial charge in [-0.1, -0.05) is 99.3 Å². The van der Waals surface area contributed by atoms with E-state index >= 15 is 0 Å². The molecule has 51 heavy (non-hydrogen) atoms. The van der Waals surface area contributed by atoms with E-state index in [4.69, 9.17) is 4.98 Å². The molecule has 1 radical (unpaired) electrons. The summed E-state index contributed by atoms with van der Waals surface area (Å²) in [6.45, 7) is 21.7. The first-order valence-electron chi connectivity index (χ1n) is 17.8. The van der Waals surface area contributed by atoms with Crippen LogP contribution in [0.5, 0.6) is 0 Å². The number of ketones is 1. The molecule has 9 heteroatoms. The number of carbonyl (C=O) groups excluding carboxylic acids is 1. The van der Waals surface area contributed by atoms with Crippen LogP contribution in [0.3, 0.4) is 0 Å². The van der Waals surface area contributed by atoms with Crippen LogP contribution in [0.2, 0.25) is 19.6 Å². The van der Waals surface area contributed by atoms with E-state index in [-0.39, 0.29) is 49.9 Å². The van der Waals surface area contributed by atoms with E-state index in [0.29, 0.717) is 5.56 Å². The van der Waals surface area contributed by atoms with E-state index in [2.05, 4.69) is 50.8 Å². The zero-order valence-corrected chi connectivity index (χ0v) is 36.3. The Labute approximate surface area is 322 Å². The summed E-state index contributed by atoms with van der Waals surface area (Å²) in [6.07, 6.45) is 2.66. The molecule has 0 aliphatic heterocycles. The van der Waals surface area contributed by atoms with Gasteiger partial charge in [-0.25, -0.2) is 0 Å². The molecule has 1 N–H and O–H groups in total. The fraction of sp³-hybridized carbons (Fsp3) is 0.476. The van der Waals surface area contributed by atoms with E-state index < -0.39 is 19.7 Å². The molecule has 0 spiro atoms. The number of allylic oxidation sites excluding steroid dienone is 2. The summed E-state index contributed by atoms with van der Waals surface area (Å²) in [5.74, 6) is 0.547. The molecule has 0 aliphatic carbocycles. The number of aromatic nitrogens is 1. The Balaban J connectivity index is 0.000000479. The van der Waals surface area contributed by atoms with Gasteiger partial charge in [-0.05, 0) is 59.9 Å². The first kappa shape index (κ1) is 44.6. The van der Waals surface area contributed by atoms with Gasteiger partial charge in [0.15, 0.2) is 5.78 Å². The maximum Gasteiger partial charge on any atom is 0.394 e. The van der Waals surface area contributed by atoms with Crippen molar-refractivity contribution in [2.24, 2.45) is 17.3 Å². The summed E-state index contributed by atoms with van der Waals surface area (Å²) in [6, 6.07) is 17.5. The number of hydrogen-bond donors (Lipinski definition) is 1. The molecule has 281 valence electrons. The molecule has 4 aromatic rings. The van der Waals surface area contributed by atoms with Crippen molar-refractivity contribution < 1.29 is 43.2 Å². The number of halogens is 3. The van der Waals surface area contributed by atoms with Crippen molar-refractivity contribution in [3.63, 3.8) is 0 Å². The fourth-order valence-electron chi connectivity index (χ4n) is 6.16. The van der Waals surface area contributed by atoms with Crippen molar-refractivity contribution in [2.45, 2.75) is 113 Å². The number of aliphatic hydroxyl groups excluding tert-OH is 1. The Morgan fingerprint density at radius 1 is 0.941 bits per heavy atom. The van der Waals surface area contributed by atoms with Crippen LogP contribution in [0.4, 0.5) is 13.2 Å². The van der Waals surface area contributed by atoms with Crippen molar-refractivity contribution >= 4 is 40.5 Å². The van der Waals surface area contributed by atoms with Crippen molar-refractivity contribution in [1.29, 1.82) is 0 Å². The Kier molecular flexibility index (Phi) is 16.1. The number of alkyl halides is 3. The normalized spacial score (nSPS) is 12.6. The van der Waals surface area contributed by atoms with Crippen LogP contribution in [-0.4, -0.2) is 30.1 Å². The van der Waals surface area contributed by atoms with Crippen molar-refractivity contribution in [3.8, 4) is 21.7 Å². The maximum atomic E-state index is 13.3. The first-order chi connectivity index (χ1) is 23.3. The zero-order chi connectivity index (χ0) is 37.6. The number of aliphatic hydroxyl groups is 1. The summed E-state index contributed by atoms with van der Waals surface area (Å²) >= 11 is 1.70. The fourth-order valence-corrected chi connectivity index (χ4v) is 8.89. The van der Waals surface area contributed by atoms with Crippen LogP contribution in [0, 0.1) is 37.2 Å². The molecule has 4 rings (SSSR count). The Hall–Kier alpha value is -2.58. The monoisotopic (exact) mass is 915 g/mol. The average Bonchev–Trinajstić information content (AvgIpc) is 3.46. The van der Waals surface area contributed by atoms with Gasteiger partial charge in [-0.3, -0.25) is 4.79 Å². The second-order valence-corrected chi connectivity index (χ2v) is 21.2. The summed E-state index contributed by atoms with van der Waals surface area (Å²) < 4.78 is 41.2. The number of nitrogens with zero attached hydrogens (tertiary/aromatic N) is 1. The third kappa shape index (κ3) is 11.5. The minimum Gasteiger partial charge on any atom is -0.512 e. The summed E-state index contributed by atoms with van der Waals surface area (Å²) in [5, 5.41) is 12.3. The molecule has 0 amide bonds. The maximum absolute atomic E-state index is 13.3. The molecule has 2 heterocycles. The molecule has 0 atom stereocenters. The molecule has 0 fully saturated rings. The first-order valence-corrected chi connectivity index (χ1v) is 22.1. The molecule has 0 unspecified atom stereocenters. The topological polar surface area (TPSA) is 50.2 Å². The third-order valence-corrected chi connectivity index (χ3v) is 12.7. The van der Waals surface area contributed by atoms with Gasteiger partial charge >= 0.3 is 6.18 Å². The van der Waals surface area contributed by atoms with E-state index in [1.807, 2.05) is 65.1 Å². The van der Waals surface area contributed by atoms with Gasteiger partial charge in [0.2, 0.25) is 0 Å². The predicted molar refractivity (Wildman–Crippen MR) is 209 cm³/mol. The van der Waals surface area contributed by atoms with Crippen LogP contribution in [0.1, 0.15) is 83.9 Å². The van der Waals surface area contributed by atoms with Gasteiger partial charge in [0, 0.05) is 59.5 Å². The van der Waals surface area contributed by atoms with Gasteiger partial charge in [0.25, 0.3) is 0 Å². The van der Waals surface area contributed by atoms with E-state index in [9.17, 15) is 23.1 Å². The molecule has 0 saturated heterocycles. The Morgan fingerprint density at radius 3 is 2.00 bits per heavy atom. The molecule has 2 aromatic carbocycles. The average molecular weight is 915 g/mol. The summed E-state index contributed by atoms with van der Waals surface area (Å²) in [5.41, 5.74) is 4.12. The number of aryl methyl sites for hydroxylation is 2. The SMILES string of the molecule is CCC(CC)C(=O)/C=C(\O)C(CC)CC.Cc1[c-]c(-c2ncc([Si](C)(C)C)c3cc(-c4ccc(CC(C)(C)C(F)(F)F)cc4)sc23)cc(C)c1.[Ir]. The summed E-state index contributed by atoms with van der Waals surface area (Å²) in [7, 11) is -1.66. The van der Waals surface area contributed by atoms with Crippen molar-refractivity contribution in [2.75, 3.05) is 0 Å². The molecule has 0 saturated carbocycles. The standard InChI is InChI=1S/C29H31F3NSSi.C13H24O2.Ir/c1-18-12-19(2)14-22(13-18)26-27-23(25(17-33-26)35(5,6)7)15-24(34-27)21-10-8-20(9-11-21)16-28(3,4)29(30,31)32;1-5-10(6-2)12(14)9-13(15)11(7-3)8-4;/h8-13,15,17H,16H2,1-7H3;9-11,14H,5-8H2,1-4H3;/q-1;;/b;12-9-;. The van der Waals surface area contributed by atoms with Gasteiger partial charge in [-0.2, -0.15) is 13.2 Å². The molecule has 0 bridgehead atoms. The second-order valence-electron chi connectivity index (χ2n) is 15.1. The predicted octanol–water partition coefficient (Wildman–Crippen LogP) is 12.6. The quantitative estimate of drug-likeness (QED) is 0.0667. The van der Waals surface area contributed by atoms with Gasteiger partial charge in [0.05, 0.1) is 19.2 Å². The minimum absolute atomic E-state index is 0. The largest absolute Gasteiger partial charge is 0.512 e. The zero-order valence-electron chi connectivity index (χ0n) is 32.1. The second kappa shape index (κ2) is 18.4. The van der Waals surface area contributed by atoms with Gasteiger partial charge in [0.1, 0.15) is 0 Å². The number of carbonyl (C=O) groups is 1. The van der Waals surface area contributed by atoms with Gasteiger partial charge in [-0.15, -0.1) is 46.2 Å². The number of fused-ring (bicyclic) bond motifs is 1. The summed E-state index contributed by atoms with van der Waals surface area (Å²) in [4.78, 5) is 17.7. The van der Waals surface area contributed by atoms with Crippen LogP contribution >= 0.6 is 11.3 Å². The van der Waals surface area contributed by atoms with Crippen LogP contribution in [-0.2, 0) is 31.3 Å². The number of thiophene rings is 1. The third-order valence-electron chi connectivity index (χ3n) is 9.51. The van der Waals surface area contributed by atoms with Crippen LogP contribution in [0.25, 0.3) is 31.8 Å². The Bertz CT molecular complexity index is 1760. The number of pyridine rings is 1. The van der Waals surface area contributed by atoms with E-state index in [0.717, 1.165) is 57.6 Å². The number of hydrogen-bond acceptors (Lipinski definition) is 4. The van der Waals surface area contributed by atoms with Crippen molar-refractivity contribution in [3.05, 3.63) is 83.3 Å². The number of rotatable bonds is 12. The Morgan fingerprint density at radius 2 is 1.51 bits per heavy atom. The molecule has 0 aliphatic rings. The van der Waals surface area contributed by atoms with Crippen molar-refractivity contribution in [1.82, 2.24) is 4.98 Å². The van der Waals surface area contributed by atoms with Crippen LogP contribution < -0.4 is 5.19 Å². The number of benzene rings is 2. The van der Waals surface area contributed by atoms with E-state index in [1.165, 1.54) is 36.1 Å². The minimum atomic E-state index is -4.24.